The van der Waals surface area contributed by atoms with Crippen LogP contribution < -0.4 is 5.32 Å². The standard InChI is InChI=1S/C10H15BrN4/c1-15-3-2-8(7-15)4-12-10-13-5-9(11)6-14-10/h5-6,8H,2-4,7H2,1H3,(H,12,13,14). The first kappa shape index (κ1) is 10.8. The van der Waals surface area contributed by atoms with Crippen LogP contribution in [0.25, 0.3) is 0 Å². The first-order valence-electron chi connectivity index (χ1n) is 5.14. The highest BCUT2D eigenvalue weighted by Gasteiger charge is 2.18. The zero-order valence-corrected chi connectivity index (χ0v) is 10.4. The van der Waals surface area contributed by atoms with Crippen molar-refractivity contribution in [2.45, 2.75) is 6.42 Å². The SMILES string of the molecule is CN1CCC(CNc2ncc(Br)cn2)C1. The summed E-state index contributed by atoms with van der Waals surface area (Å²) in [4.78, 5) is 10.7. The van der Waals surface area contributed by atoms with E-state index in [9.17, 15) is 0 Å². The summed E-state index contributed by atoms with van der Waals surface area (Å²) in [7, 11) is 2.16. The number of hydrogen-bond acceptors (Lipinski definition) is 4. The summed E-state index contributed by atoms with van der Waals surface area (Å²) in [6, 6.07) is 0. The van der Waals surface area contributed by atoms with Crippen molar-refractivity contribution >= 4 is 21.9 Å². The fourth-order valence-corrected chi connectivity index (χ4v) is 2.04. The van der Waals surface area contributed by atoms with Crippen molar-refractivity contribution in [3.05, 3.63) is 16.9 Å². The molecule has 1 aliphatic heterocycles. The number of nitrogens with one attached hydrogen (secondary N) is 1. The van der Waals surface area contributed by atoms with Gasteiger partial charge in [0.25, 0.3) is 0 Å². The molecule has 4 nitrogen and oxygen atoms in total. The number of likely N-dealkylation sites (tertiary alicyclic amines) is 1. The van der Waals surface area contributed by atoms with Crippen LogP contribution in [0, 0.1) is 5.92 Å². The van der Waals surface area contributed by atoms with Gasteiger partial charge in [-0.25, -0.2) is 9.97 Å². The van der Waals surface area contributed by atoms with Gasteiger partial charge in [-0.1, -0.05) is 0 Å². The lowest BCUT2D eigenvalue weighted by Gasteiger charge is -2.11. The number of halogens is 1. The Hall–Kier alpha value is -0.680. The monoisotopic (exact) mass is 270 g/mol. The molecule has 0 aliphatic carbocycles. The topological polar surface area (TPSA) is 41.0 Å². The van der Waals surface area contributed by atoms with Gasteiger partial charge in [0.15, 0.2) is 0 Å². The normalized spacial score (nSPS) is 21.9. The van der Waals surface area contributed by atoms with Gasteiger partial charge in [-0.05, 0) is 41.9 Å². The van der Waals surface area contributed by atoms with E-state index in [0.29, 0.717) is 5.95 Å². The summed E-state index contributed by atoms with van der Waals surface area (Å²) in [6.07, 6.45) is 4.78. The minimum Gasteiger partial charge on any atom is -0.354 e. The van der Waals surface area contributed by atoms with Gasteiger partial charge in [-0.3, -0.25) is 0 Å². The summed E-state index contributed by atoms with van der Waals surface area (Å²) in [5, 5.41) is 3.26. The third kappa shape index (κ3) is 3.14. The molecule has 0 radical (unpaired) electrons. The molecule has 0 amide bonds. The zero-order chi connectivity index (χ0) is 10.7. The maximum absolute atomic E-state index is 4.18. The van der Waals surface area contributed by atoms with Crippen molar-refractivity contribution in [2.24, 2.45) is 5.92 Å². The minimum atomic E-state index is 0.716. The first-order valence-corrected chi connectivity index (χ1v) is 5.93. The van der Waals surface area contributed by atoms with Gasteiger partial charge in [0.2, 0.25) is 5.95 Å². The predicted octanol–water partition coefficient (Wildman–Crippen LogP) is 1.60. The molecule has 15 heavy (non-hydrogen) atoms. The molecule has 0 bridgehead atoms. The van der Waals surface area contributed by atoms with E-state index in [0.717, 1.165) is 16.9 Å². The van der Waals surface area contributed by atoms with Gasteiger partial charge in [0, 0.05) is 25.5 Å². The molecular formula is C10H15BrN4. The van der Waals surface area contributed by atoms with Gasteiger partial charge in [0.05, 0.1) is 4.47 Å². The number of rotatable bonds is 3. The quantitative estimate of drug-likeness (QED) is 0.906. The molecule has 5 heteroatoms. The zero-order valence-electron chi connectivity index (χ0n) is 8.78. The van der Waals surface area contributed by atoms with Gasteiger partial charge in [0.1, 0.15) is 0 Å². The summed E-state index contributed by atoms with van der Waals surface area (Å²) < 4.78 is 0.911. The van der Waals surface area contributed by atoms with Crippen molar-refractivity contribution in [1.29, 1.82) is 0 Å². The molecule has 1 N–H and O–H groups in total. The van der Waals surface area contributed by atoms with Crippen LogP contribution >= 0.6 is 15.9 Å². The summed E-state index contributed by atoms with van der Waals surface area (Å²) >= 11 is 3.31. The van der Waals surface area contributed by atoms with Gasteiger partial charge in [-0.2, -0.15) is 0 Å². The van der Waals surface area contributed by atoms with Crippen molar-refractivity contribution in [3.63, 3.8) is 0 Å². The second kappa shape index (κ2) is 4.90. The van der Waals surface area contributed by atoms with E-state index < -0.39 is 0 Å². The van der Waals surface area contributed by atoms with Gasteiger partial charge in [-0.15, -0.1) is 0 Å². The molecule has 1 atom stereocenters. The number of hydrogen-bond donors (Lipinski definition) is 1. The lowest BCUT2D eigenvalue weighted by molar-refractivity contribution is 0.399. The smallest absolute Gasteiger partial charge is 0.222 e. The number of nitrogens with zero attached hydrogens (tertiary/aromatic N) is 3. The van der Waals surface area contributed by atoms with E-state index in [1.54, 1.807) is 12.4 Å². The highest BCUT2D eigenvalue weighted by Crippen LogP contribution is 2.14. The molecule has 2 rings (SSSR count). The second-order valence-electron chi connectivity index (χ2n) is 4.02. The third-order valence-electron chi connectivity index (χ3n) is 2.66. The minimum absolute atomic E-state index is 0.716. The molecule has 1 unspecified atom stereocenters. The van der Waals surface area contributed by atoms with Crippen LogP contribution in [0.3, 0.4) is 0 Å². The first-order chi connectivity index (χ1) is 7.24. The van der Waals surface area contributed by atoms with Crippen molar-refractivity contribution in [3.8, 4) is 0 Å². The molecule has 82 valence electrons. The Morgan fingerprint density at radius 1 is 1.53 bits per heavy atom. The Bertz CT molecular complexity index is 314. The number of anilines is 1. The Kier molecular flexibility index (Phi) is 3.53. The maximum Gasteiger partial charge on any atom is 0.222 e. The lowest BCUT2D eigenvalue weighted by atomic mass is 10.1. The maximum atomic E-state index is 4.18. The molecular weight excluding hydrogens is 256 g/mol. The predicted molar refractivity (Wildman–Crippen MR) is 63.8 cm³/mol. The molecule has 1 saturated heterocycles. The van der Waals surface area contributed by atoms with Crippen LogP contribution in [0.1, 0.15) is 6.42 Å². The van der Waals surface area contributed by atoms with Crippen LogP contribution in [0.2, 0.25) is 0 Å². The molecule has 1 fully saturated rings. The van der Waals surface area contributed by atoms with Crippen LogP contribution in [0.5, 0.6) is 0 Å². The molecule has 0 spiro atoms. The van der Waals surface area contributed by atoms with Crippen molar-refractivity contribution < 1.29 is 0 Å². The van der Waals surface area contributed by atoms with Crippen molar-refractivity contribution in [1.82, 2.24) is 14.9 Å². The van der Waals surface area contributed by atoms with Crippen LogP contribution in [-0.4, -0.2) is 41.5 Å². The second-order valence-corrected chi connectivity index (χ2v) is 4.94. The highest BCUT2D eigenvalue weighted by molar-refractivity contribution is 9.10. The fraction of sp³-hybridized carbons (Fsp3) is 0.600. The molecule has 1 aromatic heterocycles. The van der Waals surface area contributed by atoms with E-state index >= 15 is 0 Å². The van der Waals surface area contributed by atoms with Crippen LogP contribution in [0.4, 0.5) is 5.95 Å². The van der Waals surface area contributed by atoms with E-state index in [2.05, 4.69) is 43.2 Å². The fourth-order valence-electron chi connectivity index (χ4n) is 1.83. The molecule has 2 heterocycles. The summed E-state index contributed by atoms with van der Waals surface area (Å²) in [5.74, 6) is 1.44. The lowest BCUT2D eigenvalue weighted by Crippen LogP contribution is -2.19. The van der Waals surface area contributed by atoms with E-state index in [4.69, 9.17) is 0 Å². The summed E-state index contributed by atoms with van der Waals surface area (Å²) in [5.41, 5.74) is 0. The molecule has 0 saturated carbocycles. The average molecular weight is 271 g/mol. The van der Waals surface area contributed by atoms with E-state index in [-0.39, 0.29) is 0 Å². The Morgan fingerprint density at radius 2 is 2.27 bits per heavy atom. The molecule has 1 aromatic rings. The largest absolute Gasteiger partial charge is 0.354 e. The van der Waals surface area contributed by atoms with Crippen LogP contribution in [-0.2, 0) is 0 Å². The molecule has 1 aliphatic rings. The third-order valence-corrected chi connectivity index (χ3v) is 3.07. The Morgan fingerprint density at radius 3 is 2.87 bits per heavy atom. The van der Waals surface area contributed by atoms with Crippen LogP contribution in [0.15, 0.2) is 16.9 Å². The van der Waals surface area contributed by atoms with Gasteiger partial charge >= 0.3 is 0 Å². The van der Waals surface area contributed by atoms with E-state index in [1.807, 2.05) is 0 Å². The number of aromatic nitrogens is 2. The summed E-state index contributed by atoms with van der Waals surface area (Å²) in [6.45, 7) is 3.34. The van der Waals surface area contributed by atoms with Crippen molar-refractivity contribution in [2.75, 3.05) is 32.0 Å². The highest BCUT2D eigenvalue weighted by atomic mass is 79.9. The Labute approximate surface area is 98.2 Å². The van der Waals surface area contributed by atoms with Gasteiger partial charge < -0.3 is 10.2 Å². The Balaban J connectivity index is 1.80. The molecule has 0 aromatic carbocycles. The average Bonchev–Trinajstić information content (AvgIpc) is 2.64. The van der Waals surface area contributed by atoms with E-state index in [1.165, 1.54) is 19.5 Å².